The van der Waals surface area contributed by atoms with Crippen LogP contribution in [0, 0.1) is 5.92 Å². The summed E-state index contributed by atoms with van der Waals surface area (Å²) in [6.45, 7) is 3.78. The summed E-state index contributed by atoms with van der Waals surface area (Å²) in [5, 5.41) is 0. The molecule has 126 valence electrons. The number of ether oxygens (including phenoxy) is 1. The second kappa shape index (κ2) is 6.91. The average Bonchev–Trinajstić information content (AvgIpc) is 3.21. The van der Waals surface area contributed by atoms with E-state index < -0.39 is 12.2 Å². The maximum atomic E-state index is 12.9. The van der Waals surface area contributed by atoms with Crippen molar-refractivity contribution in [2.75, 3.05) is 0 Å². The second-order valence-corrected chi connectivity index (χ2v) is 6.05. The first kappa shape index (κ1) is 16.3. The molecule has 1 aromatic heterocycles. The first-order valence-electron chi connectivity index (χ1n) is 8.22. The van der Waals surface area contributed by atoms with Crippen molar-refractivity contribution in [1.82, 2.24) is 4.90 Å². The van der Waals surface area contributed by atoms with Crippen molar-refractivity contribution in [2.45, 2.75) is 38.8 Å². The number of furan rings is 1. The van der Waals surface area contributed by atoms with E-state index >= 15 is 0 Å². The highest BCUT2D eigenvalue weighted by Crippen LogP contribution is 2.33. The third kappa shape index (κ3) is 3.07. The molecule has 3 atom stereocenters. The summed E-state index contributed by atoms with van der Waals surface area (Å²) in [6, 6.07) is 12.8. The summed E-state index contributed by atoms with van der Waals surface area (Å²) in [5.41, 5.74) is 0.896. The highest BCUT2D eigenvalue weighted by molar-refractivity contribution is 5.95. The molecule has 0 unspecified atom stereocenters. The van der Waals surface area contributed by atoms with E-state index in [9.17, 15) is 9.59 Å². The number of hydrogen-bond acceptors (Lipinski definition) is 4. The van der Waals surface area contributed by atoms with Gasteiger partial charge in [0.05, 0.1) is 12.3 Å². The molecule has 2 aromatic rings. The van der Waals surface area contributed by atoms with Gasteiger partial charge in [0.1, 0.15) is 11.9 Å². The molecule has 1 aliphatic heterocycles. The molecule has 0 aliphatic carbocycles. The van der Waals surface area contributed by atoms with E-state index in [1.165, 1.54) is 4.90 Å². The Labute approximate surface area is 141 Å². The second-order valence-electron chi connectivity index (χ2n) is 6.05. The minimum Gasteiger partial charge on any atom is -0.469 e. The van der Waals surface area contributed by atoms with Gasteiger partial charge >= 0.3 is 6.09 Å². The van der Waals surface area contributed by atoms with Crippen LogP contribution in [0.1, 0.15) is 37.7 Å². The molecule has 2 amide bonds. The van der Waals surface area contributed by atoms with Gasteiger partial charge < -0.3 is 9.15 Å². The highest BCUT2D eigenvalue weighted by atomic mass is 16.6. The summed E-state index contributed by atoms with van der Waals surface area (Å²) in [6.07, 6.45) is 1.70. The Kier molecular flexibility index (Phi) is 4.69. The van der Waals surface area contributed by atoms with Crippen molar-refractivity contribution in [2.24, 2.45) is 5.92 Å². The molecule has 1 fully saturated rings. The molecular formula is C19H21NO4. The number of rotatable bonds is 5. The van der Waals surface area contributed by atoms with Crippen LogP contribution < -0.4 is 0 Å². The topological polar surface area (TPSA) is 59.8 Å². The molecule has 1 aromatic carbocycles. The number of hydrogen-bond donors (Lipinski definition) is 0. The van der Waals surface area contributed by atoms with Gasteiger partial charge in [0, 0.05) is 12.3 Å². The predicted octanol–water partition coefficient (Wildman–Crippen LogP) is 3.96. The van der Waals surface area contributed by atoms with Crippen LogP contribution in [0.15, 0.2) is 53.1 Å². The van der Waals surface area contributed by atoms with Gasteiger partial charge in [-0.1, -0.05) is 37.3 Å². The number of carbonyl (C=O) groups is 2. The first-order chi connectivity index (χ1) is 11.6. The lowest BCUT2D eigenvalue weighted by Crippen LogP contribution is -2.42. The van der Waals surface area contributed by atoms with Crippen LogP contribution in [0.2, 0.25) is 0 Å². The normalized spacial score (nSPS) is 21.6. The first-order valence-corrected chi connectivity index (χ1v) is 8.22. The lowest BCUT2D eigenvalue weighted by Gasteiger charge is -2.23. The summed E-state index contributed by atoms with van der Waals surface area (Å²) in [5.74, 6) is 0.237. The van der Waals surface area contributed by atoms with E-state index in [-0.39, 0.29) is 17.9 Å². The molecule has 2 heterocycles. The van der Waals surface area contributed by atoms with Gasteiger partial charge in [-0.2, -0.15) is 0 Å². The molecule has 0 spiro atoms. The molecule has 0 N–H and O–H groups in total. The van der Waals surface area contributed by atoms with Crippen LogP contribution in [-0.4, -0.2) is 22.9 Å². The number of nitrogens with zero attached hydrogens (tertiary/aromatic N) is 1. The zero-order valence-corrected chi connectivity index (χ0v) is 13.8. The Morgan fingerprint density at radius 1 is 1.21 bits per heavy atom. The van der Waals surface area contributed by atoms with Gasteiger partial charge in [-0.25, -0.2) is 9.69 Å². The molecule has 24 heavy (non-hydrogen) atoms. The van der Waals surface area contributed by atoms with Crippen LogP contribution in [0.5, 0.6) is 0 Å². The molecular weight excluding hydrogens is 306 g/mol. The van der Waals surface area contributed by atoms with Crippen molar-refractivity contribution in [3.8, 4) is 0 Å². The summed E-state index contributed by atoms with van der Waals surface area (Å²) in [7, 11) is 0. The molecule has 0 saturated carbocycles. The van der Waals surface area contributed by atoms with Crippen LogP contribution in [0.3, 0.4) is 0 Å². The SMILES string of the molecule is CC[C@H](Cc1ccco1)C(=O)N1C(=O)O[C@@H](c2ccccc2)[C@H]1C. The van der Waals surface area contributed by atoms with Crippen molar-refractivity contribution < 1.29 is 18.7 Å². The molecule has 3 rings (SSSR count). The third-order valence-corrected chi connectivity index (χ3v) is 4.51. The fourth-order valence-electron chi connectivity index (χ4n) is 3.12. The predicted molar refractivity (Wildman–Crippen MR) is 88.2 cm³/mol. The fraction of sp³-hybridized carbons (Fsp3) is 0.368. The summed E-state index contributed by atoms with van der Waals surface area (Å²) in [4.78, 5) is 26.4. The van der Waals surface area contributed by atoms with E-state index in [1.807, 2.05) is 50.2 Å². The van der Waals surface area contributed by atoms with Crippen LogP contribution in [0.25, 0.3) is 0 Å². The maximum Gasteiger partial charge on any atom is 0.417 e. The van der Waals surface area contributed by atoms with E-state index in [0.29, 0.717) is 12.8 Å². The number of carbonyl (C=O) groups excluding carboxylic acids is 2. The van der Waals surface area contributed by atoms with Crippen molar-refractivity contribution in [3.05, 3.63) is 60.1 Å². The zero-order chi connectivity index (χ0) is 17.1. The lowest BCUT2D eigenvalue weighted by molar-refractivity contribution is -0.133. The van der Waals surface area contributed by atoms with Crippen molar-refractivity contribution >= 4 is 12.0 Å². The quantitative estimate of drug-likeness (QED) is 0.834. The molecule has 5 heteroatoms. The minimum absolute atomic E-state index is 0.204. The van der Waals surface area contributed by atoms with Crippen molar-refractivity contribution in [3.63, 3.8) is 0 Å². The number of benzene rings is 1. The lowest BCUT2D eigenvalue weighted by atomic mass is 9.97. The Morgan fingerprint density at radius 2 is 1.96 bits per heavy atom. The third-order valence-electron chi connectivity index (χ3n) is 4.51. The standard InChI is InChI=1S/C19H21NO4/c1-3-14(12-16-10-7-11-23-16)18(21)20-13(2)17(24-19(20)22)15-8-5-4-6-9-15/h4-11,13-14,17H,3,12H2,1-2H3/t13-,14-,17-/m1/s1. The van der Waals surface area contributed by atoms with E-state index in [0.717, 1.165) is 11.3 Å². The maximum absolute atomic E-state index is 12.9. The van der Waals surface area contributed by atoms with Gasteiger partial charge in [0.25, 0.3) is 0 Å². The minimum atomic E-state index is -0.570. The Bertz CT molecular complexity index is 695. The number of cyclic esters (lactones) is 1. The van der Waals surface area contributed by atoms with E-state index in [2.05, 4.69) is 0 Å². The molecule has 0 bridgehead atoms. The van der Waals surface area contributed by atoms with Crippen LogP contribution >= 0.6 is 0 Å². The molecule has 5 nitrogen and oxygen atoms in total. The molecule has 1 aliphatic rings. The number of imide groups is 1. The Morgan fingerprint density at radius 3 is 2.58 bits per heavy atom. The van der Waals surface area contributed by atoms with Crippen LogP contribution in [-0.2, 0) is 16.0 Å². The molecule has 0 radical (unpaired) electrons. The summed E-state index contributed by atoms with van der Waals surface area (Å²) < 4.78 is 10.8. The van der Waals surface area contributed by atoms with Gasteiger partial charge in [0.2, 0.25) is 5.91 Å². The molecule has 1 saturated heterocycles. The Balaban J connectivity index is 1.77. The van der Waals surface area contributed by atoms with E-state index in [1.54, 1.807) is 12.3 Å². The van der Waals surface area contributed by atoms with Gasteiger partial charge in [-0.15, -0.1) is 0 Å². The smallest absolute Gasteiger partial charge is 0.417 e. The summed E-state index contributed by atoms with van der Waals surface area (Å²) >= 11 is 0. The monoisotopic (exact) mass is 327 g/mol. The average molecular weight is 327 g/mol. The van der Waals surface area contributed by atoms with Gasteiger partial charge in [-0.3, -0.25) is 4.79 Å². The fourth-order valence-corrected chi connectivity index (χ4v) is 3.12. The van der Waals surface area contributed by atoms with Crippen molar-refractivity contribution in [1.29, 1.82) is 0 Å². The van der Waals surface area contributed by atoms with Crippen LogP contribution in [0.4, 0.5) is 4.79 Å². The van der Waals surface area contributed by atoms with E-state index in [4.69, 9.17) is 9.15 Å². The number of amides is 2. The van der Waals surface area contributed by atoms with Gasteiger partial charge in [0.15, 0.2) is 0 Å². The zero-order valence-electron chi connectivity index (χ0n) is 13.8. The largest absolute Gasteiger partial charge is 0.469 e. The Hall–Kier alpha value is -2.56. The highest BCUT2D eigenvalue weighted by Gasteiger charge is 2.44. The van der Waals surface area contributed by atoms with Gasteiger partial charge in [-0.05, 0) is 31.0 Å².